The first-order valence-electron chi connectivity index (χ1n) is 4.58. The van der Waals surface area contributed by atoms with Crippen molar-refractivity contribution in [3.8, 4) is 0 Å². The van der Waals surface area contributed by atoms with Gasteiger partial charge in [-0.3, -0.25) is 9.59 Å². The Hall–Kier alpha value is -1.10. The number of hydrogen-bond donors (Lipinski definition) is 3. The van der Waals surface area contributed by atoms with Crippen LogP contribution in [0, 0.1) is 5.92 Å². The molecule has 0 aromatic rings. The van der Waals surface area contributed by atoms with Crippen LogP contribution < -0.4 is 5.32 Å². The van der Waals surface area contributed by atoms with Crippen molar-refractivity contribution in [3.63, 3.8) is 0 Å². The molecule has 2 atom stereocenters. The minimum Gasteiger partial charge on any atom is -0.481 e. The first-order chi connectivity index (χ1) is 6.41. The molecule has 0 fully saturated rings. The van der Waals surface area contributed by atoms with Crippen molar-refractivity contribution >= 4 is 11.9 Å². The summed E-state index contributed by atoms with van der Waals surface area (Å²) in [4.78, 5) is 21.4. The average molecular weight is 203 g/mol. The van der Waals surface area contributed by atoms with Crippen LogP contribution in [-0.2, 0) is 9.59 Å². The summed E-state index contributed by atoms with van der Waals surface area (Å²) in [5.74, 6) is -1.30. The van der Waals surface area contributed by atoms with Gasteiger partial charge in [0, 0.05) is 19.4 Å². The molecule has 0 aliphatic heterocycles. The smallest absolute Gasteiger partial charge is 0.303 e. The summed E-state index contributed by atoms with van der Waals surface area (Å²) < 4.78 is 0. The first-order valence-corrected chi connectivity index (χ1v) is 4.58. The molecule has 0 heterocycles. The van der Waals surface area contributed by atoms with Gasteiger partial charge >= 0.3 is 5.97 Å². The Kier molecular flexibility index (Phi) is 5.87. The molecule has 0 aliphatic rings. The molecular formula is C9H17NO4. The first kappa shape index (κ1) is 12.9. The molecule has 82 valence electrons. The van der Waals surface area contributed by atoms with E-state index in [0.29, 0.717) is 0 Å². The van der Waals surface area contributed by atoms with Crippen LogP contribution in [0.25, 0.3) is 0 Å². The van der Waals surface area contributed by atoms with Gasteiger partial charge in [-0.25, -0.2) is 0 Å². The average Bonchev–Trinajstić information content (AvgIpc) is 1.98. The fourth-order valence-electron chi connectivity index (χ4n) is 1.02. The highest BCUT2D eigenvalue weighted by Gasteiger charge is 2.12. The standard InChI is InChI=1S/C9H17NO4/c1-6(4-9(13)14)3-8(12)10-5-7(2)11/h6-7,11H,3-5H2,1-2H3,(H,10,12)(H,13,14). The van der Waals surface area contributed by atoms with E-state index in [-0.39, 0.29) is 31.2 Å². The summed E-state index contributed by atoms with van der Waals surface area (Å²) >= 11 is 0. The van der Waals surface area contributed by atoms with Crippen LogP contribution in [0.4, 0.5) is 0 Å². The molecule has 5 heteroatoms. The van der Waals surface area contributed by atoms with E-state index in [2.05, 4.69) is 5.32 Å². The molecular weight excluding hydrogens is 186 g/mol. The SMILES string of the molecule is CC(O)CNC(=O)CC(C)CC(=O)O. The zero-order chi connectivity index (χ0) is 11.1. The van der Waals surface area contributed by atoms with Crippen LogP contribution in [0.5, 0.6) is 0 Å². The van der Waals surface area contributed by atoms with Gasteiger partial charge in [0.1, 0.15) is 0 Å². The Morgan fingerprint density at radius 3 is 2.29 bits per heavy atom. The van der Waals surface area contributed by atoms with Crippen LogP contribution >= 0.6 is 0 Å². The predicted molar refractivity (Wildman–Crippen MR) is 50.7 cm³/mol. The van der Waals surface area contributed by atoms with E-state index in [1.807, 2.05) is 0 Å². The number of rotatable bonds is 6. The summed E-state index contributed by atoms with van der Waals surface area (Å²) in [6.45, 7) is 3.48. The maximum atomic E-state index is 11.1. The highest BCUT2D eigenvalue weighted by molar-refractivity contribution is 5.77. The molecule has 0 bridgehead atoms. The third-order valence-electron chi connectivity index (χ3n) is 1.65. The van der Waals surface area contributed by atoms with Crippen molar-refractivity contribution in [2.75, 3.05) is 6.54 Å². The molecule has 0 rings (SSSR count). The van der Waals surface area contributed by atoms with Gasteiger partial charge in [0.05, 0.1) is 6.10 Å². The van der Waals surface area contributed by atoms with Crippen molar-refractivity contribution in [1.82, 2.24) is 5.32 Å². The molecule has 0 radical (unpaired) electrons. The van der Waals surface area contributed by atoms with Gasteiger partial charge in [0.15, 0.2) is 0 Å². The second kappa shape index (κ2) is 6.37. The molecule has 5 nitrogen and oxygen atoms in total. The van der Waals surface area contributed by atoms with E-state index in [0.717, 1.165) is 0 Å². The molecule has 14 heavy (non-hydrogen) atoms. The lowest BCUT2D eigenvalue weighted by Crippen LogP contribution is -2.31. The van der Waals surface area contributed by atoms with Crippen molar-refractivity contribution in [3.05, 3.63) is 0 Å². The summed E-state index contributed by atoms with van der Waals surface area (Å²) in [5, 5.41) is 19.8. The van der Waals surface area contributed by atoms with Crippen molar-refractivity contribution in [2.45, 2.75) is 32.8 Å². The quantitative estimate of drug-likeness (QED) is 0.566. The van der Waals surface area contributed by atoms with E-state index in [1.165, 1.54) is 0 Å². The Morgan fingerprint density at radius 2 is 1.86 bits per heavy atom. The van der Waals surface area contributed by atoms with Crippen molar-refractivity contribution < 1.29 is 19.8 Å². The van der Waals surface area contributed by atoms with Crippen molar-refractivity contribution in [2.24, 2.45) is 5.92 Å². The fraction of sp³-hybridized carbons (Fsp3) is 0.778. The third kappa shape index (κ3) is 7.54. The van der Waals surface area contributed by atoms with Crippen LogP contribution in [-0.4, -0.2) is 34.7 Å². The van der Waals surface area contributed by atoms with Crippen molar-refractivity contribution in [1.29, 1.82) is 0 Å². The van der Waals surface area contributed by atoms with Gasteiger partial charge in [-0.1, -0.05) is 6.92 Å². The summed E-state index contributed by atoms with van der Waals surface area (Å²) in [6.07, 6.45) is -0.407. The summed E-state index contributed by atoms with van der Waals surface area (Å²) in [6, 6.07) is 0. The fourth-order valence-corrected chi connectivity index (χ4v) is 1.02. The molecule has 0 aromatic carbocycles. The minimum atomic E-state index is -0.902. The Morgan fingerprint density at radius 1 is 1.29 bits per heavy atom. The van der Waals surface area contributed by atoms with Gasteiger partial charge < -0.3 is 15.5 Å². The van der Waals surface area contributed by atoms with Gasteiger partial charge in [0.2, 0.25) is 5.91 Å². The molecule has 3 N–H and O–H groups in total. The third-order valence-corrected chi connectivity index (χ3v) is 1.65. The lowest BCUT2D eigenvalue weighted by atomic mass is 10.0. The molecule has 0 spiro atoms. The number of aliphatic hydroxyl groups is 1. The van der Waals surface area contributed by atoms with E-state index in [1.54, 1.807) is 13.8 Å². The minimum absolute atomic E-state index is 0.0118. The number of carbonyl (C=O) groups is 2. The van der Waals surface area contributed by atoms with Crippen LogP contribution in [0.15, 0.2) is 0 Å². The Labute approximate surface area is 83.1 Å². The predicted octanol–water partition coefficient (Wildman–Crippen LogP) is -0.0157. The Balaban J connectivity index is 3.66. The van der Waals surface area contributed by atoms with E-state index >= 15 is 0 Å². The van der Waals surface area contributed by atoms with Crippen LogP contribution in [0.2, 0.25) is 0 Å². The number of hydrogen-bond acceptors (Lipinski definition) is 3. The van der Waals surface area contributed by atoms with Crippen LogP contribution in [0.1, 0.15) is 26.7 Å². The van der Waals surface area contributed by atoms with Gasteiger partial charge in [-0.15, -0.1) is 0 Å². The zero-order valence-electron chi connectivity index (χ0n) is 8.49. The van der Waals surface area contributed by atoms with Gasteiger partial charge in [0.25, 0.3) is 0 Å². The zero-order valence-corrected chi connectivity index (χ0v) is 8.49. The van der Waals surface area contributed by atoms with E-state index in [9.17, 15) is 9.59 Å². The number of carbonyl (C=O) groups excluding carboxylic acids is 1. The Bertz CT molecular complexity index is 203. The number of amides is 1. The van der Waals surface area contributed by atoms with E-state index in [4.69, 9.17) is 10.2 Å². The summed E-state index contributed by atoms with van der Waals surface area (Å²) in [5.41, 5.74) is 0. The molecule has 0 saturated heterocycles. The number of aliphatic hydroxyl groups excluding tert-OH is 1. The second-order valence-electron chi connectivity index (χ2n) is 3.56. The maximum absolute atomic E-state index is 11.1. The molecule has 1 amide bonds. The number of carboxylic acids is 1. The maximum Gasteiger partial charge on any atom is 0.303 e. The second-order valence-corrected chi connectivity index (χ2v) is 3.56. The topological polar surface area (TPSA) is 86.6 Å². The monoisotopic (exact) mass is 203 g/mol. The highest BCUT2D eigenvalue weighted by Crippen LogP contribution is 2.06. The number of aliphatic carboxylic acids is 1. The highest BCUT2D eigenvalue weighted by atomic mass is 16.4. The lowest BCUT2D eigenvalue weighted by Gasteiger charge is -2.10. The lowest BCUT2D eigenvalue weighted by molar-refractivity contribution is -0.138. The number of nitrogens with one attached hydrogen (secondary N) is 1. The van der Waals surface area contributed by atoms with Crippen LogP contribution in [0.3, 0.4) is 0 Å². The molecule has 0 aliphatic carbocycles. The summed E-state index contributed by atoms with van der Waals surface area (Å²) in [7, 11) is 0. The molecule has 2 unspecified atom stereocenters. The van der Waals surface area contributed by atoms with Gasteiger partial charge in [-0.05, 0) is 12.8 Å². The largest absolute Gasteiger partial charge is 0.481 e. The normalized spacial score (nSPS) is 14.5. The molecule has 0 aromatic heterocycles. The number of carboxylic acid groups (broad SMARTS) is 1. The molecule has 0 saturated carbocycles. The van der Waals surface area contributed by atoms with E-state index < -0.39 is 12.1 Å². The van der Waals surface area contributed by atoms with Gasteiger partial charge in [-0.2, -0.15) is 0 Å².